The fourth-order valence-corrected chi connectivity index (χ4v) is 2.93. The maximum atomic E-state index is 12.3. The minimum Gasteiger partial charge on any atom is -0.147 e. The topological polar surface area (TPSA) is 81.4 Å². The van der Waals surface area contributed by atoms with Crippen LogP contribution in [0.25, 0.3) is 0 Å². The Labute approximate surface area is 150 Å². The smallest absolute Gasteiger partial charge is 0.147 e. The molecule has 136 valence electrons. The van der Waals surface area contributed by atoms with E-state index in [0.29, 0.717) is 0 Å². The van der Waals surface area contributed by atoms with Crippen LogP contribution in [0.1, 0.15) is 5.56 Å². The number of hydrogen-bond donors (Lipinski definition) is 2. The number of carbonyl (C=O) groups excluding carboxylic acids is 2. The average Bonchev–Trinajstić information content (AvgIpc) is 2.50. The molecule has 2 atom stereocenters. The number of amides is 1. The van der Waals surface area contributed by atoms with Crippen LogP contribution in [-0.4, -0.2) is 51.1 Å². The molecule has 0 saturated heterocycles. The molecule has 1 amide bonds. The van der Waals surface area contributed by atoms with Crippen molar-refractivity contribution in [1.82, 2.24) is 5.32 Å². The van der Waals surface area contributed by atoms with Crippen molar-refractivity contribution in [2.24, 2.45) is 5.73 Å². The van der Waals surface area contributed by atoms with Gasteiger partial charge in [-0.15, -0.1) is 12.4 Å². The van der Waals surface area contributed by atoms with Gasteiger partial charge in [-0.25, -0.2) is 0 Å². The molecule has 1 rings (SSSR count). The van der Waals surface area contributed by atoms with E-state index in [1.54, 1.807) is 24.3 Å². The number of carbonyl (C=O) groups is 2. The van der Waals surface area contributed by atoms with Crippen molar-refractivity contribution < 1.29 is 27.5 Å². The van der Waals surface area contributed by atoms with E-state index in [2.05, 4.69) is 10.1 Å². The number of ether oxygens (including phenoxy) is 1. The van der Waals surface area contributed by atoms with Gasteiger partial charge < -0.3 is 0 Å². The van der Waals surface area contributed by atoms with E-state index in [0.717, 1.165) is 12.7 Å². The number of esters is 1. The summed E-state index contributed by atoms with van der Waals surface area (Å²) in [6.45, 7) is 0. The number of nitrogens with one attached hydrogen (secondary N) is 1. The Hall–Kier alpha value is -1.28. The fourth-order valence-electron chi connectivity index (χ4n) is 1.73. The van der Waals surface area contributed by atoms with Gasteiger partial charge in [0.2, 0.25) is 0 Å². The molecule has 0 unspecified atom stereocenters. The molecule has 0 aliphatic rings. The van der Waals surface area contributed by atoms with Gasteiger partial charge in [0.05, 0.1) is 0 Å². The predicted octanol–water partition coefficient (Wildman–Crippen LogP) is 1.28. The number of rotatable bonds is 7. The third-order valence-corrected chi connectivity index (χ3v) is 4.59. The quantitative estimate of drug-likeness (QED) is 0.501. The fraction of sp³-hybridized carbons (Fsp3) is 0.429. The first-order chi connectivity index (χ1) is 10.7. The van der Waals surface area contributed by atoms with E-state index in [1.165, 1.54) is 0 Å². The van der Waals surface area contributed by atoms with E-state index in [-0.39, 0.29) is 18.8 Å². The van der Waals surface area contributed by atoms with Gasteiger partial charge in [-0.2, -0.15) is 0 Å². The summed E-state index contributed by atoms with van der Waals surface area (Å²) in [4.78, 5) is 23.5. The summed E-state index contributed by atoms with van der Waals surface area (Å²) >= 11 is -1.80. The zero-order chi connectivity index (χ0) is 17.5. The number of methoxy groups -OCH3 is 1. The third-order valence-electron chi connectivity index (χ3n) is 2.85. The number of halogens is 4. The first-order valence-electron chi connectivity index (χ1n) is 6.61. The van der Waals surface area contributed by atoms with Crippen LogP contribution in [0, 0.1) is 0 Å². The Bertz CT molecular complexity index is 532. The molecule has 24 heavy (non-hydrogen) atoms. The second kappa shape index (κ2) is 10.6. The third kappa shape index (κ3) is 8.54. The summed E-state index contributed by atoms with van der Waals surface area (Å²) in [5, 5.41) is -2.66. The van der Waals surface area contributed by atoms with E-state index in [9.17, 15) is 22.8 Å². The van der Waals surface area contributed by atoms with Crippen molar-refractivity contribution in [2.45, 2.75) is 28.9 Å². The zero-order valence-electron chi connectivity index (χ0n) is 12.7. The van der Waals surface area contributed by atoms with E-state index in [4.69, 9.17) is 5.73 Å². The minimum absolute atomic E-state index is 0. The van der Waals surface area contributed by atoms with Crippen LogP contribution in [0.5, 0.6) is 0 Å². The average molecular weight is 434 g/mol. The summed E-state index contributed by atoms with van der Waals surface area (Å²) in [6.07, 6.45) is 0.213. The van der Waals surface area contributed by atoms with Gasteiger partial charge in [0.1, 0.15) is 0 Å². The van der Waals surface area contributed by atoms with Crippen LogP contribution < -0.4 is 11.1 Å². The van der Waals surface area contributed by atoms with Crippen molar-refractivity contribution in [3.63, 3.8) is 0 Å². The molecule has 1 aromatic carbocycles. The molecule has 0 heterocycles. The summed E-state index contributed by atoms with van der Waals surface area (Å²) in [7, 11) is 1.05. The van der Waals surface area contributed by atoms with Crippen LogP contribution in [0.4, 0.5) is 13.2 Å². The Morgan fingerprint density at radius 1 is 1.29 bits per heavy atom. The first-order valence-corrected chi connectivity index (χ1v) is 8.68. The molecule has 3 N–H and O–H groups in total. The minimum atomic E-state index is -4.36. The predicted molar refractivity (Wildman–Crippen MR) is 85.9 cm³/mol. The summed E-state index contributed by atoms with van der Waals surface area (Å²) in [5.74, 6) is -1.61. The molecule has 10 heteroatoms. The molecule has 0 aliphatic carbocycles. The van der Waals surface area contributed by atoms with Crippen molar-refractivity contribution >= 4 is 39.2 Å². The number of hydrogen-bond acceptors (Lipinski definition) is 4. The van der Waals surface area contributed by atoms with Gasteiger partial charge in [0.25, 0.3) is 0 Å². The van der Waals surface area contributed by atoms with Gasteiger partial charge >= 0.3 is 137 Å². The van der Waals surface area contributed by atoms with Crippen molar-refractivity contribution in [3.8, 4) is 0 Å². The largest absolute Gasteiger partial charge is 0.147 e. The van der Waals surface area contributed by atoms with Gasteiger partial charge in [-0.1, -0.05) is 0 Å². The molecule has 0 aromatic heterocycles. The second-order valence-corrected chi connectivity index (χ2v) is 6.91. The molecule has 0 radical (unpaired) electrons. The van der Waals surface area contributed by atoms with Crippen molar-refractivity contribution in [1.29, 1.82) is 0 Å². The number of alkyl halides is 3. The molecular formula is C14H18ClF3N2O3Se. The number of benzene rings is 1. The monoisotopic (exact) mass is 434 g/mol. The van der Waals surface area contributed by atoms with Crippen LogP contribution >= 0.6 is 12.4 Å². The second-order valence-electron chi connectivity index (χ2n) is 4.64. The van der Waals surface area contributed by atoms with E-state index >= 15 is 0 Å². The van der Waals surface area contributed by atoms with Gasteiger partial charge in [-0.3, -0.25) is 0 Å². The van der Waals surface area contributed by atoms with E-state index < -0.39 is 49.3 Å². The molecule has 0 saturated carbocycles. The van der Waals surface area contributed by atoms with Gasteiger partial charge in [0.15, 0.2) is 0 Å². The summed E-state index contributed by atoms with van der Waals surface area (Å²) in [6, 6.07) is 6.60. The Kier molecular flexibility index (Phi) is 9.99. The number of nitrogens with two attached hydrogens (primary N) is 1. The molecular weight excluding hydrogens is 416 g/mol. The van der Waals surface area contributed by atoms with E-state index in [1.807, 2.05) is 6.07 Å². The molecule has 0 bridgehead atoms. The normalized spacial score (nSPS) is 13.4. The maximum absolute atomic E-state index is 12.3. The Balaban J connectivity index is 0.00000529. The van der Waals surface area contributed by atoms with Crippen molar-refractivity contribution in [2.75, 3.05) is 7.11 Å². The van der Waals surface area contributed by atoms with Crippen LogP contribution in [0.15, 0.2) is 30.3 Å². The summed E-state index contributed by atoms with van der Waals surface area (Å²) < 4.78 is 41.3. The first kappa shape index (κ1) is 22.7. The summed E-state index contributed by atoms with van der Waals surface area (Å²) in [5.41, 5.74) is 6.55. The maximum Gasteiger partial charge on any atom is -0.147 e. The van der Waals surface area contributed by atoms with Crippen LogP contribution in [0.2, 0.25) is 5.32 Å². The van der Waals surface area contributed by atoms with Crippen molar-refractivity contribution in [3.05, 3.63) is 35.9 Å². The SMILES string of the molecule is COC(=O)[C@H](C[Se]C(F)(F)F)NC(=O)[C@@H](N)Cc1ccccc1.Cl. The van der Waals surface area contributed by atoms with Crippen LogP contribution in [-0.2, 0) is 20.7 Å². The molecule has 0 fully saturated rings. The molecule has 1 aromatic rings. The van der Waals surface area contributed by atoms with Gasteiger partial charge in [0, 0.05) is 0 Å². The molecule has 0 spiro atoms. The zero-order valence-corrected chi connectivity index (χ0v) is 15.2. The Morgan fingerprint density at radius 2 is 1.88 bits per heavy atom. The molecule has 5 nitrogen and oxygen atoms in total. The standard InChI is InChI=1S/C14H17F3N2O3Se.ClH/c1-22-13(21)11(8-23-14(15,16)17)19-12(20)10(18)7-9-5-3-2-4-6-9;/h2-6,10-11H,7-8,18H2,1H3,(H,19,20);1H/t10-,11-;/m0./s1. The van der Waals surface area contributed by atoms with Gasteiger partial charge in [-0.05, 0) is 0 Å². The Morgan fingerprint density at radius 3 is 2.38 bits per heavy atom. The molecule has 0 aliphatic heterocycles. The van der Waals surface area contributed by atoms with Crippen LogP contribution in [0.3, 0.4) is 0 Å².